The van der Waals surface area contributed by atoms with Crippen LogP contribution in [0.3, 0.4) is 0 Å². The summed E-state index contributed by atoms with van der Waals surface area (Å²) in [5.41, 5.74) is -0.821. The molecular formula is C13H14N5O4-. The summed E-state index contributed by atoms with van der Waals surface area (Å²) in [5.74, 6) is -0.488. The number of carbonyl (C=O) groups is 1. The number of allylic oxidation sites excluding steroid dienone is 2. The second kappa shape index (κ2) is 4.65. The first-order chi connectivity index (χ1) is 10.3. The molecule has 2 aliphatic rings. The van der Waals surface area contributed by atoms with Gasteiger partial charge in [-0.15, -0.1) is 5.76 Å². The number of aromatic nitrogens is 3. The van der Waals surface area contributed by atoms with Gasteiger partial charge in [0.15, 0.2) is 11.8 Å². The van der Waals surface area contributed by atoms with E-state index in [1.54, 1.807) is 0 Å². The minimum Gasteiger partial charge on any atom is -0.875 e. The van der Waals surface area contributed by atoms with Gasteiger partial charge in [0.25, 0.3) is 5.70 Å². The van der Waals surface area contributed by atoms with Crippen molar-refractivity contribution < 1.29 is 14.8 Å². The van der Waals surface area contributed by atoms with E-state index in [0.717, 1.165) is 6.20 Å². The summed E-state index contributed by atoms with van der Waals surface area (Å²) < 4.78 is 1.21. The van der Waals surface area contributed by atoms with Crippen LogP contribution in [0.25, 0.3) is 0 Å². The third-order valence-electron chi connectivity index (χ3n) is 3.81. The van der Waals surface area contributed by atoms with Crippen LogP contribution >= 0.6 is 0 Å². The quantitative estimate of drug-likeness (QED) is 0.617. The molecule has 0 amide bonds. The molecule has 22 heavy (non-hydrogen) atoms. The number of nitrogens with one attached hydrogen (secondary N) is 1. The van der Waals surface area contributed by atoms with Gasteiger partial charge in [-0.3, -0.25) is 14.9 Å². The molecule has 116 valence electrons. The van der Waals surface area contributed by atoms with E-state index in [-0.39, 0.29) is 41.6 Å². The largest absolute Gasteiger partial charge is 0.875 e. The van der Waals surface area contributed by atoms with Gasteiger partial charge in [0.1, 0.15) is 6.33 Å². The number of ketones is 1. The Kier molecular flexibility index (Phi) is 3.01. The maximum absolute atomic E-state index is 12.4. The average Bonchev–Trinajstić information content (AvgIpc) is 2.84. The van der Waals surface area contributed by atoms with E-state index in [1.807, 2.05) is 13.8 Å². The monoisotopic (exact) mass is 304 g/mol. The van der Waals surface area contributed by atoms with Gasteiger partial charge in [0.2, 0.25) is 5.95 Å². The van der Waals surface area contributed by atoms with Gasteiger partial charge in [-0.05, 0) is 11.8 Å². The predicted molar refractivity (Wildman–Crippen MR) is 72.8 cm³/mol. The first-order valence-electron chi connectivity index (χ1n) is 6.74. The van der Waals surface area contributed by atoms with Crippen LogP contribution in [0.15, 0.2) is 29.6 Å². The maximum atomic E-state index is 12.4. The van der Waals surface area contributed by atoms with Crippen molar-refractivity contribution in [1.29, 1.82) is 0 Å². The van der Waals surface area contributed by atoms with Gasteiger partial charge in [0.05, 0.1) is 11.1 Å². The lowest BCUT2D eigenvalue weighted by molar-refractivity contribution is -0.432. The van der Waals surface area contributed by atoms with Gasteiger partial charge < -0.3 is 10.4 Å². The Labute approximate surface area is 125 Å². The SMILES string of the molecule is CC1(C)CC(=O)C(C2C([N+](=O)[O-])=CNc3ncnn32)=C([O-])C1. The summed E-state index contributed by atoms with van der Waals surface area (Å²) in [6, 6.07) is -1.13. The fraction of sp³-hybridized carbons (Fsp3) is 0.462. The zero-order valence-electron chi connectivity index (χ0n) is 12.1. The van der Waals surface area contributed by atoms with Crippen LogP contribution < -0.4 is 10.4 Å². The topological polar surface area (TPSA) is 126 Å². The molecule has 9 nitrogen and oxygen atoms in total. The number of nitrogens with zero attached hydrogens (tertiary/aromatic N) is 4. The standard InChI is InChI=1S/C13H15N5O4/c1-13(2)3-8(19)10(9(20)4-13)11-7(18(21)22)5-14-12-15-6-16-17(11)12/h5-6,11,19H,3-4H2,1-2H3,(H,14,15,16)/p-1. The van der Waals surface area contributed by atoms with E-state index in [2.05, 4.69) is 15.4 Å². The fourth-order valence-corrected chi connectivity index (χ4v) is 2.89. The zero-order valence-corrected chi connectivity index (χ0v) is 12.1. The highest BCUT2D eigenvalue weighted by atomic mass is 16.6. The van der Waals surface area contributed by atoms with Crippen molar-refractivity contribution >= 4 is 11.7 Å². The van der Waals surface area contributed by atoms with Gasteiger partial charge in [-0.25, -0.2) is 4.68 Å². The molecule has 0 radical (unpaired) electrons. The lowest BCUT2D eigenvalue weighted by atomic mass is 9.74. The van der Waals surface area contributed by atoms with Crippen molar-refractivity contribution in [2.24, 2.45) is 5.41 Å². The number of carbonyl (C=O) groups excluding carboxylic acids is 1. The first-order valence-corrected chi connectivity index (χ1v) is 6.74. The molecule has 2 heterocycles. The van der Waals surface area contributed by atoms with Crippen LogP contribution in [-0.2, 0) is 4.79 Å². The van der Waals surface area contributed by atoms with E-state index in [1.165, 1.54) is 11.0 Å². The third kappa shape index (κ3) is 2.14. The summed E-state index contributed by atoms with van der Waals surface area (Å²) in [7, 11) is 0. The molecule has 1 aromatic heterocycles. The molecule has 0 aromatic carbocycles. The van der Waals surface area contributed by atoms with Crippen molar-refractivity contribution in [3.8, 4) is 0 Å². The summed E-state index contributed by atoms with van der Waals surface area (Å²) in [6.07, 6.45) is 2.72. The van der Waals surface area contributed by atoms with Gasteiger partial charge in [0, 0.05) is 12.0 Å². The van der Waals surface area contributed by atoms with Crippen molar-refractivity contribution in [2.45, 2.75) is 32.7 Å². The van der Waals surface area contributed by atoms with Crippen molar-refractivity contribution in [1.82, 2.24) is 14.8 Å². The van der Waals surface area contributed by atoms with E-state index < -0.39 is 16.4 Å². The molecule has 1 atom stereocenters. The molecule has 1 N–H and O–H groups in total. The molecule has 0 spiro atoms. The normalized spacial score (nSPS) is 23.6. The molecule has 1 aliphatic heterocycles. The zero-order chi connectivity index (χ0) is 16.1. The maximum Gasteiger partial charge on any atom is 0.291 e. The number of nitro groups is 1. The first kappa shape index (κ1) is 14.2. The molecule has 3 rings (SSSR count). The second-order valence-corrected chi connectivity index (χ2v) is 6.18. The van der Waals surface area contributed by atoms with Crippen LogP contribution in [0.4, 0.5) is 5.95 Å². The highest BCUT2D eigenvalue weighted by Gasteiger charge is 2.42. The Balaban J connectivity index is 2.15. The van der Waals surface area contributed by atoms with Crippen molar-refractivity contribution in [3.05, 3.63) is 39.7 Å². The number of hydrogen-bond donors (Lipinski definition) is 1. The molecule has 1 aromatic rings. The van der Waals surface area contributed by atoms with E-state index in [9.17, 15) is 20.0 Å². The molecule has 0 saturated heterocycles. The van der Waals surface area contributed by atoms with Crippen LogP contribution in [0.2, 0.25) is 0 Å². The number of rotatable bonds is 2. The Morgan fingerprint density at radius 2 is 2.18 bits per heavy atom. The number of Topliss-reactive ketones (excluding diaryl/α,β-unsaturated/α-hetero) is 1. The average molecular weight is 304 g/mol. The van der Waals surface area contributed by atoms with E-state index in [4.69, 9.17) is 0 Å². The summed E-state index contributed by atoms with van der Waals surface area (Å²) in [5, 5.41) is 30.3. The fourth-order valence-electron chi connectivity index (χ4n) is 2.89. The Morgan fingerprint density at radius 1 is 1.45 bits per heavy atom. The smallest absolute Gasteiger partial charge is 0.291 e. The van der Waals surface area contributed by atoms with Crippen LogP contribution in [0, 0.1) is 15.5 Å². The number of hydrogen-bond acceptors (Lipinski definition) is 7. The van der Waals surface area contributed by atoms with Crippen molar-refractivity contribution in [2.75, 3.05) is 5.32 Å². The molecule has 1 unspecified atom stereocenters. The van der Waals surface area contributed by atoms with Crippen LogP contribution in [0.1, 0.15) is 32.7 Å². The molecule has 0 bridgehead atoms. The number of anilines is 1. The number of fused-ring (bicyclic) bond motifs is 1. The Bertz CT molecular complexity index is 731. The minimum atomic E-state index is -1.13. The van der Waals surface area contributed by atoms with Crippen LogP contribution in [-0.4, -0.2) is 25.5 Å². The minimum absolute atomic E-state index is 0.0875. The molecule has 0 fully saturated rings. The highest BCUT2D eigenvalue weighted by molar-refractivity contribution is 5.98. The predicted octanol–water partition coefficient (Wildman–Crippen LogP) is 0.366. The summed E-state index contributed by atoms with van der Waals surface area (Å²) in [6.45, 7) is 3.65. The molecule has 1 aliphatic carbocycles. The van der Waals surface area contributed by atoms with Crippen molar-refractivity contribution in [3.63, 3.8) is 0 Å². The van der Waals surface area contributed by atoms with Gasteiger partial charge in [-0.2, -0.15) is 10.1 Å². The van der Waals surface area contributed by atoms with Gasteiger partial charge >= 0.3 is 0 Å². The van der Waals surface area contributed by atoms with Gasteiger partial charge in [-0.1, -0.05) is 13.8 Å². The Hall–Kier alpha value is -2.71. The highest BCUT2D eigenvalue weighted by Crippen LogP contribution is 2.41. The summed E-state index contributed by atoms with van der Waals surface area (Å²) in [4.78, 5) is 27.0. The molecule has 9 heteroatoms. The Morgan fingerprint density at radius 3 is 2.82 bits per heavy atom. The lowest BCUT2D eigenvalue weighted by Crippen LogP contribution is -2.37. The third-order valence-corrected chi connectivity index (χ3v) is 3.81. The van der Waals surface area contributed by atoms with E-state index in [0.29, 0.717) is 0 Å². The summed E-state index contributed by atoms with van der Waals surface area (Å²) >= 11 is 0. The van der Waals surface area contributed by atoms with E-state index >= 15 is 0 Å². The molecular weight excluding hydrogens is 290 g/mol. The second-order valence-electron chi connectivity index (χ2n) is 6.18. The lowest BCUT2D eigenvalue weighted by Gasteiger charge is -2.37. The van der Waals surface area contributed by atoms with Crippen LogP contribution in [0.5, 0.6) is 0 Å². The molecule has 0 saturated carbocycles.